The lowest BCUT2D eigenvalue weighted by Gasteiger charge is -2.16. The van der Waals surface area contributed by atoms with Gasteiger partial charge in [-0.1, -0.05) is 24.3 Å². The third kappa shape index (κ3) is 2.22. The number of benzene rings is 1. The summed E-state index contributed by atoms with van der Waals surface area (Å²) in [6.45, 7) is 2.27. The number of amides is 2. The zero-order valence-corrected chi connectivity index (χ0v) is 11.5. The number of carbonyl (C=O) groups is 2. The van der Waals surface area contributed by atoms with E-state index in [9.17, 15) is 9.59 Å². The van der Waals surface area contributed by atoms with Crippen LogP contribution in [0.4, 0.5) is 5.69 Å². The smallest absolute Gasteiger partial charge is 0.234 e. The monoisotopic (exact) mass is 270 g/mol. The molecule has 2 amide bonds. The second-order valence-corrected chi connectivity index (χ2v) is 5.46. The molecule has 1 N–H and O–H groups in total. The van der Waals surface area contributed by atoms with Crippen molar-refractivity contribution < 1.29 is 9.59 Å². The zero-order chi connectivity index (χ0) is 14.1. The van der Waals surface area contributed by atoms with E-state index in [1.165, 1.54) is 4.90 Å². The number of fused-ring (bicyclic) bond motifs is 1. The second kappa shape index (κ2) is 5.12. The van der Waals surface area contributed by atoms with Gasteiger partial charge in [-0.25, -0.2) is 0 Å². The van der Waals surface area contributed by atoms with E-state index in [0.29, 0.717) is 12.8 Å². The molecular formula is C16H18N2O2. The maximum Gasteiger partial charge on any atom is 0.234 e. The van der Waals surface area contributed by atoms with Gasteiger partial charge in [0, 0.05) is 5.69 Å². The highest BCUT2D eigenvalue weighted by atomic mass is 16.2. The van der Waals surface area contributed by atoms with Crippen LogP contribution in [0.25, 0.3) is 0 Å². The summed E-state index contributed by atoms with van der Waals surface area (Å²) < 4.78 is 0. The van der Waals surface area contributed by atoms with Crippen LogP contribution < -0.4 is 5.32 Å². The molecule has 0 radical (unpaired) electrons. The Balaban J connectivity index is 1.69. The van der Waals surface area contributed by atoms with Crippen molar-refractivity contribution in [3.8, 4) is 0 Å². The lowest BCUT2D eigenvalue weighted by molar-refractivity contribution is -0.139. The summed E-state index contributed by atoms with van der Waals surface area (Å²) >= 11 is 0. The van der Waals surface area contributed by atoms with Gasteiger partial charge in [-0.2, -0.15) is 0 Å². The number of hydrogen-bond acceptors (Lipinski definition) is 3. The molecule has 2 atom stereocenters. The third-order valence-corrected chi connectivity index (χ3v) is 4.06. The van der Waals surface area contributed by atoms with Gasteiger partial charge in [0.1, 0.15) is 0 Å². The summed E-state index contributed by atoms with van der Waals surface area (Å²) in [6.07, 6.45) is 5.39. The van der Waals surface area contributed by atoms with E-state index in [0.717, 1.165) is 11.3 Å². The number of nitrogens with zero attached hydrogens (tertiary/aromatic N) is 1. The van der Waals surface area contributed by atoms with Crippen LogP contribution >= 0.6 is 0 Å². The Labute approximate surface area is 118 Å². The fraction of sp³-hybridized carbons (Fsp3) is 0.375. The number of rotatable bonds is 3. The minimum atomic E-state index is -0.146. The Morgan fingerprint density at radius 2 is 1.80 bits per heavy atom. The highest BCUT2D eigenvalue weighted by Crippen LogP contribution is 2.34. The van der Waals surface area contributed by atoms with Gasteiger partial charge in [-0.05, 0) is 37.5 Å². The molecule has 4 heteroatoms. The molecule has 0 spiro atoms. The molecule has 104 valence electrons. The minimum Gasteiger partial charge on any atom is -0.367 e. The fourth-order valence-corrected chi connectivity index (χ4v) is 2.95. The number of aryl methyl sites for hydroxylation is 1. The first-order chi connectivity index (χ1) is 9.66. The summed E-state index contributed by atoms with van der Waals surface area (Å²) in [5.74, 6) is -0.368. The topological polar surface area (TPSA) is 49.4 Å². The third-order valence-electron chi connectivity index (χ3n) is 4.06. The first-order valence-electron chi connectivity index (χ1n) is 6.97. The Bertz CT molecular complexity index is 554. The van der Waals surface area contributed by atoms with Crippen molar-refractivity contribution >= 4 is 17.5 Å². The number of imide groups is 1. The molecule has 1 aromatic rings. The molecule has 1 fully saturated rings. The van der Waals surface area contributed by atoms with E-state index < -0.39 is 0 Å². The van der Waals surface area contributed by atoms with Gasteiger partial charge in [0.15, 0.2) is 0 Å². The molecular weight excluding hydrogens is 252 g/mol. The van der Waals surface area contributed by atoms with Crippen LogP contribution in [0.1, 0.15) is 18.4 Å². The molecule has 20 heavy (non-hydrogen) atoms. The number of carbonyl (C=O) groups excluding carboxylic acids is 2. The Hall–Kier alpha value is -2.10. The number of nitrogens with one attached hydrogen (secondary N) is 1. The van der Waals surface area contributed by atoms with E-state index in [-0.39, 0.29) is 30.3 Å². The van der Waals surface area contributed by atoms with Crippen LogP contribution in [0.5, 0.6) is 0 Å². The Morgan fingerprint density at radius 1 is 1.15 bits per heavy atom. The quantitative estimate of drug-likeness (QED) is 0.677. The largest absolute Gasteiger partial charge is 0.367 e. The predicted octanol–water partition coefficient (Wildman–Crippen LogP) is 2.32. The Morgan fingerprint density at radius 3 is 2.40 bits per heavy atom. The van der Waals surface area contributed by atoms with Gasteiger partial charge in [-0.3, -0.25) is 14.5 Å². The maximum atomic E-state index is 12.3. The number of likely N-dealkylation sites (tertiary alicyclic amines) is 1. The van der Waals surface area contributed by atoms with Gasteiger partial charge in [0.05, 0.1) is 18.5 Å². The summed E-state index contributed by atoms with van der Waals surface area (Å²) in [5, 5.41) is 3.16. The lowest BCUT2D eigenvalue weighted by Crippen LogP contribution is -2.35. The van der Waals surface area contributed by atoms with Crippen molar-refractivity contribution in [2.45, 2.75) is 19.8 Å². The molecule has 4 nitrogen and oxygen atoms in total. The molecule has 1 aliphatic heterocycles. The van der Waals surface area contributed by atoms with Crippen LogP contribution in [0.2, 0.25) is 0 Å². The summed E-state index contributed by atoms with van der Waals surface area (Å²) in [5.41, 5.74) is 2.07. The molecule has 1 saturated heterocycles. The van der Waals surface area contributed by atoms with Crippen LogP contribution in [0.15, 0.2) is 36.4 Å². The van der Waals surface area contributed by atoms with Crippen LogP contribution in [0.3, 0.4) is 0 Å². The molecule has 0 aromatic heterocycles. The van der Waals surface area contributed by atoms with Crippen molar-refractivity contribution in [3.63, 3.8) is 0 Å². The van der Waals surface area contributed by atoms with E-state index in [1.54, 1.807) is 0 Å². The van der Waals surface area contributed by atoms with Gasteiger partial charge in [0.25, 0.3) is 0 Å². The highest BCUT2D eigenvalue weighted by Gasteiger charge is 2.46. The second-order valence-electron chi connectivity index (χ2n) is 5.46. The lowest BCUT2D eigenvalue weighted by atomic mass is 9.85. The highest BCUT2D eigenvalue weighted by molar-refractivity contribution is 6.05. The van der Waals surface area contributed by atoms with Gasteiger partial charge in [0.2, 0.25) is 11.8 Å². The number of hydrogen-bond donors (Lipinski definition) is 1. The molecule has 0 bridgehead atoms. The van der Waals surface area contributed by atoms with Crippen molar-refractivity contribution in [2.24, 2.45) is 11.8 Å². The minimum absolute atomic E-state index is 0.0375. The first kappa shape index (κ1) is 12.9. The van der Waals surface area contributed by atoms with Gasteiger partial charge < -0.3 is 5.32 Å². The number of allylic oxidation sites excluding steroid dienone is 2. The van der Waals surface area contributed by atoms with Crippen molar-refractivity contribution in [1.29, 1.82) is 0 Å². The van der Waals surface area contributed by atoms with Crippen molar-refractivity contribution in [1.82, 2.24) is 4.90 Å². The number of anilines is 1. The van der Waals surface area contributed by atoms with Crippen LogP contribution in [-0.2, 0) is 9.59 Å². The van der Waals surface area contributed by atoms with Gasteiger partial charge >= 0.3 is 0 Å². The zero-order valence-electron chi connectivity index (χ0n) is 11.5. The molecule has 1 aromatic carbocycles. The van der Waals surface area contributed by atoms with E-state index in [2.05, 4.69) is 5.32 Å². The van der Waals surface area contributed by atoms with E-state index in [4.69, 9.17) is 0 Å². The summed E-state index contributed by atoms with van der Waals surface area (Å²) in [7, 11) is 0. The van der Waals surface area contributed by atoms with Crippen molar-refractivity contribution in [3.05, 3.63) is 42.0 Å². The molecule has 3 rings (SSSR count). The average Bonchev–Trinajstić information content (AvgIpc) is 2.70. The van der Waals surface area contributed by atoms with Crippen LogP contribution in [-0.4, -0.2) is 23.4 Å². The summed E-state index contributed by atoms with van der Waals surface area (Å²) in [6, 6.07) is 7.90. The molecule has 0 unspecified atom stereocenters. The van der Waals surface area contributed by atoms with Crippen LogP contribution in [0, 0.1) is 18.8 Å². The standard InChI is InChI=1S/C16H18N2O2/c1-11-5-4-6-12(9-11)17-10-18-15(19)13-7-2-3-8-14(13)16(18)20/h2-6,9,13-14,17H,7-8,10H2,1H3/t13-,14-/m1/s1. The van der Waals surface area contributed by atoms with E-state index >= 15 is 0 Å². The SMILES string of the molecule is Cc1cccc(NCN2C(=O)[C@@H]3CC=CC[C@H]3C2=O)c1. The summed E-state index contributed by atoms with van der Waals surface area (Å²) in [4.78, 5) is 25.9. The maximum absolute atomic E-state index is 12.3. The molecule has 2 aliphatic rings. The normalized spacial score (nSPS) is 24.9. The predicted molar refractivity (Wildman–Crippen MR) is 76.9 cm³/mol. The molecule has 1 heterocycles. The fourth-order valence-electron chi connectivity index (χ4n) is 2.95. The van der Waals surface area contributed by atoms with E-state index in [1.807, 2.05) is 43.3 Å². The molecule has 1 aliphatic carbocycles. The van der Waals surface area contributed by atoms with Gasteiger partial charge in [-0.15, -0.1) is 0 Å². The molecule has 0 saturated carbocycles. The average molecular weight is 270 g/mol. The Kier molecular flexibility index (Phi) is 3.30. The first-order valence-corrected chi connectivity index (χ1v) is 6.97. The van der Waals surface area contributed by atoms with Crippen molar-refractivity contribution in [2.75, 3.05) is 12.0 Å².